The van der Waals surface area contributed by atoms with Crippen molar-refractivity contribution >= 4 is 11.3 Å². The Morgan fingerprint density at radius 1 is 1.60 bits per heavy atom. The van der Waals surface area contributed by atoms with Gasteiger partial charge in [0.25, 0.3) is 0 Å². The fourth-order valence-electron chi connectivity index (χ4n) is 2.24. The van der Waals surface area contributed by atoms with Crippen LogP contribution in [0, 0.1) is 5.41 Å². The molecular weight excluding hydrogens is 204 g/mol. The Morgan fingerprint density at radius 3 is 3.13 bits per heavy atom. The fourth-order valence-corrected chi connectivity index (χ4v) is 2.91. The lowest BCUT2D eigenvalue weighted by atomic mass is 9.84. The maximum Gasteiger partial charge on any atom is 0.0299 e. The summed E-state index contributed by atoms with van der Waals surface area (Å²) in [6, 6.07) is 4.32. The van der Waals surface area contributed by atoms with E-state index in [1.54, 1.807) is 0 Å². The molecule has 2 rings (SSSR count). The van der Waals surface area contributed by atoms with E-state index in [0.717, 1.165) is 13.1 Å². The SMILES string of the molecule is CCC1(CNCc2cccs2)CCNC1. The molecule has 1 aliphatic rings. The van der Waals surface area contributed by atoms with E-state index < -0.39 is 0 Å². The third-order valence-electron chi connectivity index (χ3n) is 3.46. The Balaban J connectivity index is 1.77. The van der Waals surface area contributed by atoms with Gasteiger partial charge in [-0.15, -0.1) is 11.3 Å². The van der Waals surface area contributed by atoms with Gasteiger partial charge in [0.15, 0.2) is 0 Å². The van der Waals surface area contributed by atoms with E-state index in [9.17, 15) is 0 Å². The van der Waals surface area contributed by atoms with E-state index in [4.69, 9.17) is 0 Å². The average Bonchev–Trinajstić information content (AvgIpc) is 2.89. The third kappa shape index (κ3) is 2.80. The van der Waals surface area contributed by atoms with Crippen molar-refractivity contribution in [1.82, 2.24) is 10.6 Å². The van der Waals surface area contributed by atoms with Crippen LogP contribution in [0.2, 0.25) is 0 Å². The number of nitrogens with one attached hydrogen (secondary N) is 2. The van der Waals surface area contributed by atoms with E-state index in [2.05, 4.69) is 35.1 Å². The summed E-state index contributed by atoms with van der Waals surface area (Å²) in [5, 5.41) is 9.20. The lowest BCUT2D eigenvalue weighted by Gasteiger charge is -2.26. The summed E-state index contributed by atoms with van der Waals surface area (Å²) >= 11 is 1.83. The van der Waals surface area contributed by atoms with Gasteiger partial charge in [0, 0.05) is 24.5 Å². The van der Waals surface area contributed by atoms with Crippen LogP contribution in [-0.4, -0.2) is 19.6 Å². The van der Waals surface area contributed by atoms with Crippen LogP contribution in [0.4, 0.5) is 0 Å². The van der Waals surface area contributed by atoms with Gasteiger partial charge in [-0.3, -0.25) is 0 Å². The Bertz CT molecular complexity index is 276. The molecule has 0 aliphatic carbocycles. The Hall–Kier alpha value is -0.380. The van der Waals surface area contributed by atoms with E-state index in [-0.39, 0.29) is 0 Å². The van der Waals surface area contributed by atoms with Gasteiger partial charge in [0.05, 0.1) is 0 Å². The summed E-state index contributed by atoms with van der Waals surface area (Å²) in [5.41, 5.74) is 0.511. The molecule has 2 nitrogen and oxygen atoms in total. The van der Waals surface area contributed by atoms with Crippen LogP contribution >= 0.6 is 11.3 Å². The molecule has 1 unspecified atom stereocenters. The number of hydrogen-bond acceptors (Lipinski definition) is 3. The van der Waals surface area contributed by atoms with Gasteiger partial charge < -0.3 is 10.6 Å². The van der Waals surface area contributed by atoms with Crippen LogP contribution in [0.25, 0.3) is 0 Å². The van der Waals surface area contributed by atoms with Crippen LogP contribution in [0.5, 0.6) is 0 Å². The van der Waals surface area contributed by atoms with E-state index in [1.807, 2.05) is 11.3 Å². The van der Waals surface area contributed by atoms with Crippen LogP contribution in [0.3, 0.4) is 0 Å². The first-order valence-corrected chi connectivity index (χ1v) is 6.66. The summed E-state index contributed by atoms with van der Waals surface area (Å²) in [6.45, 7) is 6.85. The van der Waals surface area contributed by atoms with Crippen molar-refractivity contribution in [1.29, 1.82) is 0 Å². The van der Waals surface area contributed by atoms with Gasteiger partial charge in [-0.1, -0.05) is 13.0 Å². The van der Waals surface area contributed by atoms with Gasteiger partial charge in [-0.25, -0.2) is 0 Å². The molecule has 84 valence electrons. The maximum absolute atomic E-state index is 3.59. The Labute approximate surface area is 96.1 Å². The van der Waals surface area contributed by atoms with Gasteiger partial charge >= 0.3 is 0 Å². The number of thiophene rings is 1. The highest BCUT2D eigenvalue weighted by Gasteiger charge is 2.31. The van der Waals surface area contributed by atoms with Crippen LogP contribution in [0.15, 0.2) is 17.5 Å². The predicted molar refractivity (Wildman–Crippen MR) is 66.2 cm³/mol. The lowest BCUT2D eigenvalue weighted by Crippen LogP contribution is -2.35. The third-order valence-corrected chi connectivity index (χ3v) is 4.34. The van der Waals surface area contributed by atoms with Crippen molar-refractivity contribution in [3.63, 3.8) is 0 Å². The van der Waals surface area contributed by atoms with Gasteiger partial charge in [0.1, 0.15) is 0 Å². The fraction of sp³-hybridized carbons (Fsp3) is 0.667. The van der Waals surface area contributed by atoms with Crippen molar-refractivity contribution < 1.29 is 0 Å². The second-order valence-electron chi connectivity index (χ2n) is 4.46. The van der Waals surface area contributed by atoms with Crippen LogP contribution < -0.4 is 10.6 Å². The number of hydrogen-bond donors (Lipinski definition) is 2. The topological polar surface area (TPSA) is 24.1 Å². The monoisotopic (exact) mass is 224 g/mol. The van der Waals surface area contributed by atoms with Gasteiger partial charge in [-0.05, 0) is 36.2 Å². The quantitative estimate of drug-likeness (QED) is 0.801. The summed E-state index contributed by atoms with van der Waals surface area (Å²) in [5.74, 6) is 0. The van der Waals surface area contributed by atoms with Crippen LogP contribution in [0.1, 0.15) is 24.6 Å². The van der Waals surface area contributed by atoms with E-state index in [0.29, 0.717) is 5.41 Å². The minimum atomic E-state index is 0.511. The molecule has 15 heavy (non-hydrogen) atoms. The summed E-state index contributed by atoms with van der Waals surface area (Å²) < 4.78 is 0. The Kier molecular flexibility index (Phi) is 3.78. The largest absolute Gasteiger partial charge is 0.316 e. The van der Waals surface area contributed by atoms with E-state index in [1.165, 1.54) is 30.8 Å². The van der Waals surface area contributed by atoms with Crippen molar-refractivity contribution in [2.75, 3.05) is 19.6 Å². The Morgan fingerprint density at radius 2 is 2.53 bits per heavy atom. The molecule has 0 amide bonds. The minimum absolute atomic E-state index is 0.511. The van der Waals surface area contributed by atoms with Crippen molar-refractivity contribution in [2.24, 2.45) is 5.41 Å². The highest BCUT2D eigenvalue weighted by molar-refractivity contribution is 7.09. The molecule has 1 fully saturated rings. The predicted octanol–water partition coefficient (Wildman–Crippen LogP) is 2.23. The smallest absolute Gasteiger partial charge is 0.0299 e. The first-order chi connectivity index (χ1) is 7.35. The molecule has 2 heterocycles. The summed E-state index contributed by atoms with van der Waals surface area (Å²) in [7, 11) is 0. The van der Waals surface area contributed by atoms with Crippen molar-refractivity contribution in [3.05, 3.63) is 22.4 Å². The molecule has 1 saturated heterocycles. The maximum atomic E-state index is 3.59. The van der Waals surface area contributed by atoms with Crippen molar-refractivity contribution in [3.8, 4) is 0 Å². The highest BCUT2D eigenvalue weighted by atomic mass is 32.1. The molecule has 1 atom stereocenters. The number of rotatable bonds is 5. The first kappa shape index (κ1) is 11.1. The van der Waals surface area contributed by atoms with Crippen LogP contribution in [-0.2, 0) is 6.54 Å². The van der Waals surface area contributed by atoms with Crippen molar-refractivity contribution in [2.45, 2.75) is 26.3 Å². The summed E-state index contributed by atoms with van der Waals surface area (Å²) in [6.07, 6.45) is 2.60. The zero-order valence-corrected chi connectivity index (χ0v) is 10.2. The molecule has 2 N–H and O–H groups in total. The first-order valence-electron chi connectivity index (χ1n) is 5.78. The summed E-state index contributed by atoms with van der Waals surface area (Å²) in [4.78, 5) is 1.44. The molecule has 0 saturated carbocycles. The molecule has 0 radical (unpaired) electrons. The second kappa shape index (κ2) is 5.10. The molecule has 3 heteroatoms. The minimum Gasteiger partial charge on any atom is -0.316 e. The average molecular weight is 224 g/mol. The molecule has 1 aliphatic heterocycles. The lowest BCUT2D eigenvalue weighted by molar-refractivity contribution is 0.291. The molecule has 1 aromatic rings. The van der Waals surface area contributed by atoms with Gasteiger partial charge in [0.2, 0.25) is 0 Å². The zero-order chi connectivity index (χ0) is 10.6. The second-order valence-corrected chi connectivity index (χ2v) is 5.50. The van der Waals surface area contributed by atoms with E-state index >= 15 is 0 Å². The molecule has 0 bridgehead atoms. The normalized spacial score (nSPS) is 25.9. The molecule has 1 aromatic heterocycles. The standard InChI is InChI=1S/C12H20N2S/c1-2-12(5-6-13-9-12)10-14-8-11-4-3-7-15-11/h3-4,7,13-14H,2,5-6,8-10H2,1H3. The molecule has 0 spiro atoms. The zero-order valence-electron chi connectivity index (χ0n) is 9.38. The highest BCUT2D eigenvalue weighted by Crippen LogP contribution is 2.28. The molecule has 0 aromatic carbocycles. The van der Waals surface area contributed by atoms with Gasteiger partial charge in [-0.2, -0.15) is 0 Å². The molecular formula is C12H20N2S.